The smallest absolute Gasteiger partial charge is 0.320 e. The summed E-state index contributed by atoms with van der Waals surface area (Å²) in [7, 11) is 0. The molecule has 2 saturated carbocycles. The van der Waals surface area contributed by atoms with Gasteiger partial charge in [-0.2, -0.15) is 19.9 Å². The number of likely N-dealkylation sites (tertiary alicyclic amines) is 2. The van der Waals surface area contributed by atoms with Crippen molar-refractivity contribution < 1.29 is 45.0 Å². The van der Waals surface area contributed by atoms with Gasteiger partial charge in [0.2, 0.25) is 22.4 Å². The third kappa shape index (κ3) is 8.00. The summed E-state index contributed by atoms with van der Waals surface area (Å²) in [6, 6.07) is -3.34. The van der Waals surface area contributed by atoms with Crippen molar-refractivity contribution in [3.8, 4) is 0 Å². The van der Waals surface area contributed by atoms with Crippen LogP contribution in [0.5, 0.6) is 0 Å². The molecule has 4 aromatic heterocycles. The predicted molar refractivity (Wildman–Crippen MR) is 207 cm³/mol. The standard InChI is InChI=1S/C34H44Cl2N14O9/c35-32-43-28(22-30(45-32)49(12-37-22)18-7-16(24(55)26(18)57)41-20(53)10-51)39-14-1-4-47(5-2-14)34(59)48-6-3-15(9-48)40-29-23-31(46-33(36)44-29)50(13-38-23)19-8-17(25(56)27(19)58)42-21(54)11-52/h12-19,24-27,51-52,55-58H,1-11H2,(H,41,53)(H,42,54)(H,39,43,45)(H,40,44,46)/t15-,16+,17+,18-,19-,24-,25-,26+,27+/m1/s1. The van der Waals surface area contributed by atoms with Crippen molar-refractivity contribution in [2.75, 3.05) is 50.0 Å². The molecule has 0 bridgehead atoms. The number of rotatable bonds is 10. The topological polar surface area (TPSA) is 314 Å². The largest absolute Gasteiger partial charge is 0.388 e. The molecule has 8 rings (SSSR count). The first-order chi connectivity index (χ1) is 28.3. The number of aromatic nitrogens is 8. The van der Waals surface area contributed by atoms with Gasteiger partial charge in [0.1, 0.15) is 37.6 Å². The van der Waals surface area contributed by atoms with E-state index in [-0.39, 0.29) is 41.5 Å². The number of urea groups is 1. The maximum atomic E-state index is 13.7. The number of anilines is 2. The Kier molecular flexibility index (Phi) is 11.6. The predicted octanol–water partition coefficient (Wildman–Crippen LogP) is -2.26. The molecule has 0 spiro atoms. The lowest BCUT2D eigenvalue weighted by Gasteiger charge is -2.35. The average molecular weight is 864 g/mol. The SMILES string of the molecule is O=C(CO)N[C@H]1C[C@@H](n2cnc3c(NC4CCN(C(=O)N5CC[C@@H](Nc6nc(Cl)nc7c6ncn7[C@@H]6C[C@H](NC(=O)CO)[C@@H](O)[C@H]6O)C5)CC4)nc(Cl)nc32)[C@H](O)[C@@H]1O. The van der Waals surface area contributed by atoms with E-state index in [1.54, 1.807) is 18.9 Å². The van der Waals surface area contributed by atoms with Gasteiger partial charge in [0.05, 0.1) is 36.8 Å². The molecule has 0 aromatic carbocycles. The highest BCUT2D eigenvalue weighted by Gasteiger charge is 2.45. The molecule has 318 valence electrons. The second-order valence-corrected chi connectivity index (χ2v) is 16.0. The van der Waals surface area contributed by atoms with Gasteiger partial charge in [-0.1, -0.05) is 0 Å². The zero-order valence-corrected chi connectivity index (χ0v) is 32.9. The molecule has 9 atom stereocenters. The number of piperidine rings is 1. The molecule has 0 radical (unpaired) electrons. The number of carbonyl (C=O) groups is 3. The Morgan fingerprint density at radius 1 is 0.644 bits per heavy atom. The average Bonchev–Trinajstić information content (AvgIpc) is 4.06. The number of hydrogen-bond donors (Lipinski definition) is 10. The number of fused-ring (bicyclic) bond motifs is 2. The monoisotopic (exact) mass is 862 g/mol. The van der Waals surface area contributed by atoms with Crippen molar-refractivity contribution in [2.45, 2.75) is 92.8 Å². The minimum Gasteiger partial charge on any atom is -0.388 e. The number of amides is 4. The Morgan fingerprint density at radius 3 is 1.56 bits per heavy atom. The molecule has 2 aliphatic heterocycles. The van der Waals surface area contributed by atoms with Crippen LogP contribution in [0, 0.1) is 0 Å². The van der Waals surface area contributed by atoms with E-state index in [4.69, 9.17) is 33.4 Å². The second-order valence-electron chi connectivity index (χ2n) is 15.3. The fourth-order valence-electron chi connectivity index (χ4n) is 8.68. The number of nitrogens with zero attached hydrogens (tertiary/aromatic N) is 10. The molecular formula is C34H44Cl2N14O9. The van der Waals surface area contributed by atoms with Crippen LogP contribution in [0.4, 0.5) is 16.4 Å². The maximum Gasteiger partial charge on any atom is 0.320 e. The van der Waals surface area contributed by atoms with E-state index < -0.39 is 73.6 Å². The van der Waals surface area contributed by atoms with Crippen LogP contribution in [0.3, 0.4) is 0 Å². The lowest BCUT2D eigenvalue weighted by Crippen LogP contribution is -2.48. The van der Waals surface area contributed by atoms with Crippen molar-refractivity contribution in [1.29, 1.82) is 0 Å². The summed E-state index contributed by atoms with van der Waals surface area (Å²) in [5.41, 5.74) is 1.41. The van der Waals surface area contributed by atoms with Crippen molar-refractivity contribution in [3.05, 3.63) is 23.2 Å². The summed E-state index contributed by atoms with van der Waals surface area (Å²) in [5.74, 6) is -0.616. The molecule has 4 amide bonds. The summed E-state index contributed by atoms with van der Waals surface area (Å²) in [4.78, 5) is 67.1. The Hall–Kier alpha value is -4.75. The normalized spacial score (nSPS) is 28.8. The number of carbonyl (C=O) groups excluding carboxylic acids is 3. The number of aliphatic hydroxyl groups is 6. The molecule has 0 unspecified atom stereocenters. The van der Waals surface area contributed by atoms with Crippen LogP contribution in [-0.4, -0.2) is 185 Å². The van der Waals surface area contributed by atoms with Crippen LogP contribution in [0.2, 0.25) is 10.6 Å². The van der Waals surface area contributed by atoms with E-state index in [1.807, 2.05) is 0 Å². The van der Waals surface area contributed by atoms with Gasteiger partial charge in [0.15, 0.2) is 34.0 Å². The molecule has 4 aromatic rings. The second kappa shape index (κ2) is 16.7. The first-order valence-corrected chi connectivity index (χ1v) is 20.0. The van der Waals surface area contributed by atoms with Gasteiger partial charge in [0, 0.05) is 38.3 Å². The van der Waals surface area contributed by atoms with E-state index in [0.29, 0.717) is 79.4 Å². The highest BCUT2D eigenvalue weighted by molar-refractivity contribution is 6.29. The first-order valence-electron chi connectivity index (χ1n) is 19.2. The molecule has 2 saturated heterocycles. The van der Waals surface area contributed by atoms with Gasteiger partial charge in [-0.3, -0.25) is 9.59 Å². The van der Waals surface area contributed by atoms with Crippen molar-refractivity contribution in [1.82, 2.24) is 59.5 Å². The van der Waals surface area contributed by atoms with E-state index in [2.05, 4.69) is 51.2 Å². The first kappa shape index (κ1) is 41.0. The van der Waals surface area contributed by atoms with Crippen LogP contribution in [0.15, 0.2) is 12.7 Å². The molecule has 4 aliphatic rings. The quantitative estimate of drug-likeness (QED) is 0.0753. The third-order valence-electron chi connectivity index (χ3n) is 11.7. The number of aliphatic hydroxyl groups excluding tert-OH is 6. The van der Waals surface area contributed by atoms with Gasteiger partial charge in [-0.05, 0) is 55.3 Å². The molecule has 6 heterocycles. The molecule has 59 heavy (non-hydrogen) atoms. The summed E-state index contributed by atoms with van der Waals surface area (Å²) < 4.78 is 3.17. The van der Waals surface area contributed by atoms with Gasteiger partial charge < -0.3 is 70.8 Å². The number of imidazole rings is 2. The Morgan fingerprint density at radius 2 is 1.08 bits per heavy atom. The molecule has 2 aliphatic carbocycles. The van der Waals surface area contributed by atoms with Gasteiger partial charge in [-0.15, -0.1) is 0 Å². The van der Waals surface area contributed by atoms with Crippen molar-refractivity contribution in [3.63, 3.8) is 0 Å². The minimum atomic E-state index is -1.28. The fraction of sp³-hybridized carbons (Fsp3) is 0.618. The highest BCUT2D eigenvalue weighted by Crippen LogP contribution is 2.36. The third-order valence-corrected chi connectivity index (χ3v) is 12.0. The van der Waals surface area contributed by atoms with Gasteiger partial charge in [-0.25, -0.2) is 14.8 Å². The van der Waals surface area contributed by atoms with E-state index in [9.17, 15) is 34.8 Å². The Balaban J connectivity index is 0.871. The van der Waals surface area contributed by atoms with Crippen molar-refractivity contribution >= 4 is 75.0 Å². The lowest BCUT2D eigenvalue weighted by atomic mass is 10.1. The van der Waals surface area contributed by atoms with Gasteiger partial charge >= 0.3 is 6.03 Å². The van der Waals surface area contributed by atoms with Crippen LogP contribution in [0.25, 0.3) is 22.3 Å². The Bertz CT molecular complexity index is 2220. The highest BCUT2D eigenvalue weighted by atomic mass is 35.5. The molecule has 25 heteroatoms. The summed E-state index contributed by atoms with van der Waals surface area (Å²) >= 11 is 12.7. The van der Waals surface area contributed by atoms with Crippen LogP contribution in [0.1, 0.15) is 44.2 Å². The zero-order chi connectivity index (χ0) is 41.7. The summed E-state index contributed by atoms with van der Waals surface area (Å²) in [5, 5.41) is 72.6. The van der Waals surface area contributed by atoms with Crippen LogP contribution in [-0.2, 0) is 9.59 Å². The number of hydrogen-bond acceptors (Lipinski definition) is 17. The summed E-state index contributed by atoms with van der Waals surface area (Å²) in [6.45, 7) is 0.335. The fourth-order valence-corrected chi connectivity index (χ4v) is 9.01. The molecule has 4 fully saturated rings. The molecule has 10 N–H and O–H groups in total. The van der Waals surface area contributed by atoms with Crippen LogP contribution >= 0.6 is 23.2 Å². The molecule has 23 nitrogen and oxygen atoms in total. The Labute approximate surface area is 344 Å². The number of halogens is 2. The summed E-state index contributed by atoms with van der Waals surface area (Å²) in [6.07, 6.45) is -0.00327. The van der Waals surface area contributed by atoms with E-state index in [0.717, 1.165) is 0 Å². The van der Waals surface area contributed by atoms with Crippen LogP contribution < -0.4 is 21.3 Å². The lowest BCUT2D eigenvalue weighted by molar-refractivity contribution is -0.126. The number of nitrogens with one attached hydrogen (secondary N) is 4. The van der Waals surface area contributed by atoms with E-state index in [1.165, 1.54) is 12.7 Å². The van der Waals surface area contributed by atoms with Gasteiger partial charge in [0.25, 0.3) is 0 Å². The maximum absolute atomic E-state index is 13.7. The molecular weight excluding hydrogens is 819 g/mol. The van der Waals surface area contributed by atoms with E-state index >= 15 is 0 Å². The van der Waals surface area contributed by atoms with Crippen molar-refractivity contribution in [2.24, 2.45) is 0 Å². The minimum absolute atomic E-state index is 0.0600. The zero-order valence-electron chi connectivity index (χ0n) is 31.3.